The van der Waals surface area contributed by atoms with Gasteiger partial charge in [0.05, 0.1) is 13.2 Å². The van der Waals surface area contributed by atoms with E-state index in [2.05, 4.69) is 6.92 Å². The SMILES string of the molecule is OCC(O)CO.[CH2-]C.[Cl][Al]([Cl])[Cl].[Zn]. The Kier molecular flexibility index (Phi) is 44.0. The van der Waals surface area contributed by atoms with Crippen molar-refractivity contribution in [1.82, 2.24) is 0 Å². The molecule has 0 rings (SSSR count). The summed E-state index contributed by atoms with van der Waals surface area (Å²) in [6.07, 6.45) is -0.954. The molecule has 0 aromatic heterocycles. The Bertz CT molecular complexity index is 66.2. The Hall–Kier alpha value is 1.91. The van der Waals surface area contributed by atoms with Crippen LogP contribution in [-0.4, -0.2) is 46.0 Å². The first-order valence-electron chi connectivity index (χ1n) is 3.07. The first-order valence-corrected chi connectivity index (χ1v) is 8.31. The van der Waals surface area contributed by atoms with Gasteiger partial charge in [-0.3, -0.25) is 0 Å². The van der Waals surface area contributed by atoms with Crippen molar-refractivity contribution in [2.45, 2.75) is 13.0 Å². The van der Waals surface area contributed by atoms with Gasteiger partial charge in [-0.2, -0.15) is 6.92 Å². The molecule has 3 N–H and O–H groups in total. The van der Waals surface area contributed by atoms with Crippen molar-refractivity contribution in [2.75, 3.05) is 13.2 Å². The van der Waals surface area contributed by atoms with Crippen molar-refractivity contribution < 1.29 is 34.8 Å². The maximum absolute atomic E-state index is 8.17. The third-order valence-corrected chi connectivity index (χ3v) is 0.421. The fourth-order valence-corrected chi connectivity index (χ4v) is 0.0577. The van der Waals surface area contributed by atoms with Crippen LogP contribution in [0.1, 0.15) is 6.92 Å². The maximum atomic E-state index is 8.17. The Morgan fingerprint density at radius 1 is 1.15 bits per heavy atom. The van der Waals surface area contributed by atoms with Gasteiger partial charge in [0.15, 0.2) is 0 Å². The monoisotopic (exact) mass is 317 g/mol. The Balaban J connectivity index is -0.0000000512. The number of aliphatic hydroxyl groups is 3. The normalized spacial score (nSPS) is 7.15. The van der Waals surface area contributed by atoms with Crippen molar-refractivity contribution in [3.8, 4) is 0 Å². The van der Waals surface area contributed by atoms with Gasteiger partial charge in [-0.15, -0.1) is 0 Å². The molecule has 0 fully saturated rings. The Labute approximate surface area is 109 Å². The minimum absolute atomic E-state index is 0. The van der Waals surface area contributed by atoms with Crippen LogP contribution in [0.3, 0.4) is 0 Å². The van der Waals surface area contributed by atoms with Crippen LogP contribution in [0, 0.1) is 6.92 Å². The summed E-state index contributed by atoms with van der Waals surface area (Å²) in [5.41, 5.74) is 0. The molecular weight excluding hydrogens is 307 g/mol. The van der Waals surface area contributed by atoms with E-state index in [1.54, 1.807) is 6.92 Å². The van der Waals surface area contributed by atoms with E-state index in [0.29, 0.717) is 0 Å². The molecule has 0 saturated carbocycles. The van der Waals surface area contributed by atoms with Crippen LogP contribution in [0.25, 0.3) is 0 Å². The molecule has 0 aliphatic rings. The summed E-state index contributed by atoms with van der Waals surface area (Å²) in [5, 5.41) is 24.0. The molecule has 0 unspecified atom stereocenters. The van der Waals surface area contributed by atoms with Gasteiger partial charge in [0.2, 0.25) is 0 Å². The predicted octanol–water partition coefficient (Wildman–Crippen LogP) is 0.857. The zero-order chi connectivity index (χ0) is 10.6. The van der Waals surface area contributed by atoms with Gasteiger partial charge in [0, 0.05) is 19.5 Å². The van der Waals surface area contributed by atoms with Crippen LogP contribution in [-0.2, 0) is 19.5 Å². The molecule has 0 aromatic rings. The first-order chi connectivity index (χ1) is 5.54. The van der Waals surface area contributed by atoms with Gasteiger partial charge in [0.1, 0.15) is 6.10 Å². The summed E-state index contributed by atoms with van der Waals surface area (Å²) in [6.45, 7) is 4.27. The number of hydrogen-bond acceptors (Lipinski definition) is 3. The fourth-order valence-electron chi connectivity index (χ4n) is 0.0577. The largest absolute Gasteiger partial charge is 0.643 e. The van der Waals surface area contributed by atoms with Crippen LogP contribution in [0.5, 0.6) is 0 Å². The second-order valence-electron chi connectivity index (χ2n) is 1.27. The first kappa shape index (κ1) is 24.2. The van der Waals surface area contributed by atoms with E-state index >= 15 is 0 Å². The molecule has 8 heteroatoms. The van der Waals surface area contributed by atoms with E-state index in [-0.39, 0.29) is 32.7 Å². The van der Waals surface area contributed by atoms with Crippen LogP contribution in [0.2, 0.25) is 0 Å². The minimum Gasteiger partial charge on any atom is -0.394 e. The van der Waals surface area contributed by atoms with Crippen molar-refractivity contribution in [3.05, 3.63) is 6.92 Å². The standard InChI is InChI=1S/C3H8O3.C2H5.Al.3ClH.Zn/c4-1-3(6)2-5;1-2;;;;;/h3-6H,1-2H2;1H2,2H3;;3*1H;/q;-1;+3;;;;/p-3. The molecule has 0 atom stereocenters. The molecule has 78 valence electrons. The topological polar surface area (TPSA) is 60.7 Å². The van der Waals surface area contributed by atoms with Crippen molar-refractivity contribution in [2.24, 2.45) is 0 Å². The van der Waals surface area contributed by atoms with Gasteiger partial charge in [0.25, 0.3) is 0 Å². The number of halogens is 3. The molecular formula is C5H13AlCl3O3Zn-. The van der Waals surface area contributed by atoms with Crippen LogP contribution >= 0.6 is 30.1 Å². The zero-order valence-corrected chi connectivity index (χ0v) is 13.8. The van der Waals surface area contributed by atoms with Gasteiger partial charge < -0.3 is 22.2 Å². The smallest absolute Gasteiger partial charge is 0.394 e. The number of aliphatic hydroxyl groups excluding tert-OH is 3. The molecule has 0 saturated heterocycles. The molecule has 0 spiro atoms. The van der Waals surface area contributed by atoms with E-state index in [4.69, 9.17) is 45.5 Å². The summed E-state index contributed by atoms with van der Waals surface area (Å²) >= 11 is -1.72. The Morgan fingerprint density at radius 2 is 1.31 bits per heavy atom. The molecule has 0 radical (unpaired) electrons. The maximum Gasteiger partial charge on any atom is 0.643 e. The van der Waals surface area contributed by atoms with E-state index in [0.717, 1.165) is 0 Å². The third kappa shape index (κ3) is 56.5. The van der Waals surface area contributed by atoms with Crippen LogP contribution in [0.4, 0.5) is 0 Å². The third-order valence-electron chi connectivity index (χ3n) is 0.421. The molecule has 3 nitrogen and oxygen atoms in total. The average Bonchev–Trinajstić information content (AvgIpc) is 2.06. The molecule has 0 aliphatic carbocycles. The minimum atomic E-state index is -1.72. The predicted molar refractivity (Wildman–Crippen MR) is 54.5 cm³/mol. The van der Waals surface area contributed by atoms with Gasteiger partial charge in [-0.25, -0.2) is 30.1 Å². The summed E-state index contributed by atoms with van der Waals surface area (Å²) in [5.74, 6) is 0. The van der Waals surface area contributed by atoms with Gasteiger partial charge >= 0.3 is 11.4 Å². The van der Waals surface area contributed by atoms with Crippen LogP contribution in [0.15, 0.2) is 0 Å². The van der Waals surface area contributed by atoms with Crippen LogP contribution < -0.4 is 0 Å². The summed E-state index contributed by atoms with van der Waals surface area (Å²) in [7, 11) is 14.8. The molecule has 13 heavy (non-hydrogen) atoms. The molecule has 0 heterocycles. The van der Waals surface area contributed by atoms with Crippen molar-refractivity contribution in [1.29, 1.82) is 0 Å². The fraction of sp³-hybridized carbons (Fsp3) is 0.800. The van der Waals surface area contributed by atoms with E-state index in [1.807, 2.05) is 0 Å². The Morgan fingerprint density at radius 3 is 1.31 bits per heavy atom. The summed E-state index contributed by atoms with van der Waals surface area (Å²) in [4.78, 5) is 0. The molecule has 0 bridgehead atoms. The van der Waals surface area contributed by atoms with E-state index in [1.165, 1.54) is 0 Å². The average molecular weight is 320 g/mol. The zero-order valence-electron chi connectivity index (χ0n) is 7.46. The molecule has 0 amide bonds. The number of rotatable bonds is 2. The van der Waals surface area contributed by atoms with Crippen molar-refractivity contribution >= 4 is 41.5 Å². The summed E-state index contributed by atoms with van der Waals surface area (Å²) in [6, 6.07) is 0. The summed E-state index contributed by atoms with van der Waals surface area (Å²) < 4.78 is 0. The van der Waals surface area contributed by atoms with Crippen molar-refractivity contribution in [3.63, 3.8) is 0 Å². The van der Waals surface area contributed by atoms with Gasteiger partial charge in [-0.05, 0) is 0 Å². The van der Waals surface area contributed by atoms with Gasteiger partial charge in [-0.1, -0.05) is 0 Å². The second kappa shape index (κ2) is 23.6. The molecule has 0 aliphatic heterocycles. The van der Waals surface area contributed by atoms with E-state index in [9.17, 15) is 0 Å². The molecule has 0 aromatic carbocycles. The quantitative estimate of drug-likeness (QED) is 0.522. The second-order valence-corrected chi connectivity index (χ2v) is 7.70. The van der Waals surface area contributed by atoms with E-state index < -0.39 is 17.5 Å². The number of hydrogen-bond donors (Lipinski definition) is 3.